The lowest BCUT2D eigenvalue weighted by Gasteiger charge is -2.22. The molecule has 2 fully saturated rings. The number of hydrogen-bond donors (Lipinski definition) is 1. The highest BCUT2D eigenvalue weighted by Crippen LogP contribution is 2.45. The fourth-order valence-corrected chi connectivity index (χ4v) is 2.91. The third-order valence-electron chi connectivity index (χ3n) is 4.05. The molecule has 1 aliphatic heterocycles. The number of hydrogen-bond acceptors (Lipinski definition) is 1. The molecule has 1 aromatic rings. The molecule has 1 saturated heterocycles. The van der Waals surface area contributed by atoms with Gasteiger partial charge in [0.2, 0.25) is 0 Å². The Morgan fingerprint density at radius 3 is 2.50 bits per heavy atom. The average molecular weight is 248 g/mol. The predicted octanol–water partition coefficient (Wildman–Crippen LogP) is 3.38. The van der Waals surface area contributed by atoms with Crippen LogP contribution in [0.25, 0.3) is 0 Å². The van der Waals surface area contributed by atoms with Crippen LogP contribution in [0.5, 0.6) is 0 Å². The van der Waals surface area contributed by atoms with Crippen LogP contribution in [0.1, 0.15) is 32.1 Å². The van der Waals surface area contributed by atoms with Gasteiger partial charge in [-0.25, -0.2) is 9.18 Å². The topological polar surface area (TPSA) is 32.1 Å². The summed E-state index contributed by atoms with van der Waals surface area (Å²) in [7, 11) is 0. The largest absolute Gasteiger partial charge is 0.322 e. The second-order valence-corrected chi connectivity index (χ2v) is 5.31. The Hall–Kier alpha value is -1.58. The number of carbonyl (C=O) groups excluding carboxylic acids is 1. The molecule has 3 rings (SSSR count). The lowest BCUT2D eigenvalue weighted by molar-refractivity contribution is 0.228. The zero-order chi connectivity index (χ0) is 12.6. The van der Waals surface area contributed by atoms with Crippen molar-refractivity contribution in [3.63, 3.8) is 0 Å². The molecule has 1 aromatic carbocycles. The Kier molecular flexibility index (Phi) is 2.73. The maximum Gasteiger partial charge on any atom is 0.322 e. The number of anilines is 1. The van der Waals surface area contributed by atoms with E-state index < -0.39 is 0 Å². The van der Waals surface area contributed by atoms with E-state index in [9.17, 15) is 9.18 Å². The highest BCUT2D eigenvalue weighted by Gasteiger charge is 2.54. The standard InChI is InChI=1S/C14H17FN2O/c15-11-4-6-12(7-5-11)16-13(18)17-10-14(17)8-2-1-3-9-14/h4-7H,1-3,8-10H2,(H,16,18). The molecule has 2 aliphatic rings. The summed E-state index contributed by atoms with van der Waals surface area (Å²) in [6.07, 6.45) is 5.99. The van der Waals surface area contributed by atoms with Crippen LogP contribution in [0.15, 0.2) is 24.3 Å². The molecule has 0 radical (unpaired) electrons. The fourth-order valence-electron chi connectivity index (χ4n) is 2.91. The van der Waals surface area contributed by atoms with Crippen molar-refractivity contribution in [3.8, 4) is 0 Å². The Balaban J connectivity index is 1.61. The highest BCUT2D eigenvalue weighted by atomic mass is 19.1. The van der Waals surface area contributed by atoms with E-state index in [2.05, 4.69) is 5.32 Å². The summed E-state index contributed by atoms with van der Waals surface area (Å²) >= 11 is 0. The van der Waals surface area contributed by atoms with Gasteiger partial charge in [0.15, 0.2) is 0 Å². The van der Waals surface area contributed by atoms with Gasteiger partial charge in [0, 0.05) is 12.2 Å². The van der Waals surface area contributed by atoms with Gasteiger partial charge in [0.1, 0.15) is 5.82 Å². The minimum Gasteiger partial charge on any atom is -0.315 e. The molecule has 1 aliphatic carbocycles. The summed E-state index contributed by atoms with van der Waals surface area (Å²) in [6.45, 7) is 0.875. The second kappa shape index (κ2) is 4.26. The molecule has 1 saturated carbocycles. The molecule has 1 N–H and O–H groups in total. The maximum absolute atomic E-state index is 12.8. The van der Waals surface area contributed by atoms with E-state index in [4.69, 9.17) is 0 Å². The van der Waals surface area contributed by atoms with Gasteiger partial charge in [-0.15, -0.1) is 0 Å². The minimum atomic E-state index is -0.288. The Labute approximate surface area is 106 Å². The average Bonchev–Trinajstić information content (AvgIpc) is 3.07. The van der Waals surface area contributed by atoms with Gasteiger partial charge in [-0.05, 0) is 37.1 Å². The molecule has 18 heavy (non-hydrogen) atoms. The molecule has 4 heteroatoms. The Morgan fingerprint density at radius 2 is 1.83 bits per heavy atom. The number of nitrogens with zero attached hydrogens (tertiary/aromatic N) is 1. The third kappa shape index (κ3) is 2.07. The first-order valence-corrected chi connectivity index (χ1v) is 6.54. The lowest BCUT2D eigenvalue weighted by atomic mass is 9.89. The zero-order valence-corrected chi connectivity index (χ0v) is 10.3. The number of amides is 2. The van der Waals surface area contributed by atoms with E-state index >= 15 is 0 Å². The van der Waals surface area contributed by atoms with Gasteiger partial charge in [-0.2, -0.15) is 0 Å². The molecule has 0 bridgehead atoms. The second-order valence-electron chi connectivity index (χ2n) is 5.31. The van der Waals surface area contributed by atoms with Gasteiger partial charge < -0.3 is 10.2 Å². The van der Waals surface area contributed by atoms with Crippen molar-refractivity contribution in [2.45, 2.75) is 37.6 Å². The highest BCUT2D eigenvalue weighted by molar-refractivity contribution is 5.91. The van der Waals surface area contributed by atoms with Gasteiger partial charge in [0.05, 0.1) is 5.54 Å². The fraction of sp³-hybridized carbons (Fsp3) is 0.500. The summed E-state index contributed by atoms with van der Waals surface area (Å²) in [6, 6.07) is 5.83. The Morgan fingerprint density at radius 1 is 1.17 bits per heavy atom. The van der Waals surface area contributed by atoms with Crippen molar-refractivity contribution in [2.75, 3.05) is 11.9 Å². The molecular formula is C14H17FN2O. The van der Waals surface area contributed by atoms with Crippen LogP contribution in [0, 0.1) is 5.82 Å². The van der Waals surface area contributed by atoms with Crippen molar-refractivity contribution in [1.82, 2.24) is 4.90 Å². The first kappa shape index (κ1) is 11.5. The molecular weight excluding hydrogens is 231 g/mol. The molecule has 3 nitrogen and oxygen atoms in total. The van der Waals surface area contributed by atoms with Crippen LogP contribution in [0.2, 0.25) is 0 Å². The molecule has 96 valence electrons. The number of benzene rings is 1. The quantitative estimate of drug-likeness (QED) is 0.759. The van der Waals surface area contributed by atoms with Gasteiger partial charge >= 0.3 is 6.03 Å². The maximum atomic E-state index is 12.8. The molecule has 0 atom stereocenters. The van der Waals surface area contributed by atoms with Crippen LogP contribution in [-0.4, -0.2) is 23.0 Å². The minimum absolute atomic E-state index is 0.0523. The van der Waals surface area contributed by atoms with Crippen LogP contribution >= 0.6 is 0 Å². The van der Waals surface area contributed by atoms with E-state index in [1.807, 2.05) is 4.90 Å². The molecule has 0 unspecified atom stereocenters. The number of halogens is 1. The number of urea groups is 1. The lowest BCUT2D eigenvalue weighted by Crippen LogP contribution is -2.29. The van der Waals surface area contributed by atoms with Crippen LogP contribution in [0.3, 0.4) is 0 Å². The van der Waals surface area contributed by atoms with Gasteiger partial charge in [0.25, 0.3) is 0 Å². The van der Waals surface area contributed by atoms with Gasteiger partial charge in [-0.1, -0.05) is 19.3 Å². The van der Waals surface area contributed by atoms with Gasteiger partial charge in [-0.3, -0.25) is 0 Å². The van der Waals surface area contributed by atoms with Crippen LogP contribution in [0.4, 0.5) is 14.9 Å². The van der Waals surface area contributed by atoms with Crippen LogP contribution in [-0.2, 0) is 0 Å². The summed E-state index contributed by atoms with van der Waals surface area (Å²) in [5, 5.41) is 2.82. The van der Waals surface area contributed by atoms with E-state index in [1.54, 1.807) is 12.1 Å². The van der Waals surface area contributed by atoms with E-state index in [0.717, 1.165) is 19.4 Å². The number of carbonyl (C=O) groups is 1. The molecule has 1 heterocycles. The number of nitrogens with one attached hydrogen (secondary N) is 1. The van der Waals surface area contributed by atoms with Crippen molar-refractivity contribution in [1.29, 1.82) is 0 Å². The van der Waals surface area contributed by atoms with E-state index in [1.165, 1.54) is 31.4 Å². The smallest absolute Gasteiger partial charge is 0.315 e. The molecule has 0 aromatic heterocycles. The first-order valence-electron chi connectivity index (χ1n) is 6.54. The van der Waals surface area contributed by atoms with E-state index in [0.29, 0.717) is 5.69 Å². The number of rotatable bonds is 1. The molecule has 1 spiro atoms. The van der Waals surface area contributed by atoms with E-state index in [-0.39, 0.29) is 17.4 Å². The summed E-state index contributed by atoms with van der Waals surface area (Å²) < 4.78 is 12.8. The first-order chi connectivity index (χ1) is 8.70. The van der Waals surface area contributed by atoms with Crippen molar-refractivity contribution >= 4 is 11.7 Å². The van der Waals surface area contributed by atoms with Crippen molar-refractivity contribution in [2.24, 2.45) is 0 Å². The summed E-state index contributed by atoms with van der Waals surface area (Å²) in [4.78, 5) is 14.0. The summed E-state index contributed by atoms with van der Waals surface area (Å²) in [5.41, 5.74) is 0.793. The van der Waals surface area contributed by atoms with Crippen LogP contribution < -0.4 is 5.32 Å². The monoisotopic (exact) mass is 248 g/mol. The molecule has 2 amide bonds. The summed E-state index contributed by atoms with van der Waals surface area (Å²) in [5.74, 6) is -0.288. The van der Waals surface area contributed by atoms with Crippen molar-refractivity contribution < 1.29 is 9.18 Å². The van der Waals surface area contributed by atoms with Crippen molar-refractivity contribution in [3.05, 3.63) is 30.1 Å². The SMILES string of the molecule is O=C(Nc1ccc(F)cc1)N1CC12CCCCC2. The normalized spacial score (nSPS) is 20.8. The third-order valence-corrected chi connectivity index (χ3v) is 4.05. The predicted molar refractivity (Wildman–Crippen MR) is 67.9 cm³/mol. The zero-order valence-electron chi connectivity index (χ0n) is 10.3. The Bertz CT molecular complexity index is 451.